The largest absolute Gasteiger partial charge is 0.465 e. The van der Waals surface area contributed by atoms with E-state index in [9.17, 15) is 9.59 Å². The summed E-state index contributed by atoms with van der Waals surface area (Å²) in [5, 5.41) is 8.30. The molecule has 0 unspecified atom stereocenters. The molecule has 0 aliphatic carbocycles. The summed E-state index contributed by atoms with van der Waals surface area (Å²) >= 11 is 4.86. The smallest absolute Gasteiger partial charge is 0.325 e. The fourth-order valence-electron chi connectivity index (χ4n) is 0.734. The normalized spacial score (nSPS) is 8.87. The Balaban J connectivity index is 3.40. The van der Waals surface area contributed by atoms with Crippen LogP contribution in [0.25, 0.3) is 0 Å². The lowest BCUT2D eigenvalue weighted by Gasteiger charge is -2.09. The third kappa shape index (κ3) is 8.95. The highest BCUT2D eigenvalue weighted by atomic mass is 32.1. The average Bonchev–Trinajstić information content (AvgIpc) is 2.22. The highest BCUT2D eigenvalue weighted by molar-refractivity contribution is 7.80. The Morgan fingerprint density at radius 2 is 2.13 bits per heavy atom. The van der Waals surface area contributed by atoms with Gasteiger partial charge in [0.1, 0.15) is 6.54 Å². The monoisotopic (exact) mass is 233 g/mol. The maximum absolute atomic E-state index is 10.9. The standard InChI is InChI=1S/C8H15N3O3S/c1-2-14-7(13)5-11-8(15)10-4-3-9-6-12/h6H,2-5H2,1H3,(H,9,12)(H2,10,11,15). The van der Waals surface area contributed by atoms with Crippen molar-refractivity contribution in [3.63, 3.8) is 0 Å². The van der Waals surface area contributed by atoms with Gasteiger partial charge in [-0.05, 0) is 19.1 Å². The van der Waals surface area contributed by atoms with E-state index in [0.29, 0.717) is 31.2 Å². The van der Waals surface area contributed by atoms with Crippen LogP contribution in [-0.4, -0.2) is 43.7 Å². The minimum absolute atomic E-state index is 0.0424. The number of amides is 1. The summed E-state index contributed by atoms with van der Waals surface area (Å²) in [6.07, 6.45) is 0.608. The quantitative estimate of drug-likeness (QED) is 0.221. The first-order valence-electron chi connectivity index (χ1n) is 4.55. The molecule has 0 fully saturated rings. The molecule has 0 rings (SSSR count). The highest BCUT2D eigenvalue weighted by Gasteiger charge is 2.01. The molecule has 0 aromatic carbocycles. The van der Waals surface area contributed by atoms with Gasteiger partial charge in [0, 0.05) is 13.1 Å². The van der Waals surface area contributed by atoms with Gasteiger partial charge in [-0.2, -0.15) is 0 Å². The fourth-order valence-corrected chi connectivity index (χ4v) is 0.908. The minimum atomic E-state index is -0.354. The van der Waals surface area contributed by atoms with Crippen molar-refractivity contribution in [2.45, 2.75) is 6.92 Å². The molecule has 0 heterocycles. The molecule has 7 heteroatoms. The van der Waals surface area contributed by atoms with Crippen molar-refractivity contribution in [3.8, 4) is 0 Å². The van der Waals surface area contributed by atoms with Crippen LogP contribution in [0.5, 0.6) is 0 Å². The Bertz CT molecular complexity index is 223. The number of carbonyl (C=O) groups is 2. The van der Waals surface area contributed by atoms with Crippen LogP contribution in [-0.2, 0) is 14.3 Å². The zero-order valence-electron chi connectivity index (χ0n) is 8.54. The van der Waals surface area contributed by atoms with E-state index in [1.165, 1.54) is 0 Å². The number of carbonyl (C=O) groups excluding carboxylic acids is 2. The van der Waals surface area contributed by atoms with E-state index in [4.69, 9.17) is 12.2 Å². The fraction of sp³-hybridized carbons (Fsp3) is 0.625. The van der Waals surface area contributed by atoms with Gasteiger partial charge in [-0.1, -0.05) is 0 Å². The second kappa shape index (κ2) is 9.20. The lowest BCUT2D eigenvalue weighted by molar-refractivity contribution is -0.141. The molecular formula is C8H15N3O3S. The first-order chi connectivity index (χ1) is 7.20. The van der Waals surface area contributed by atoms with Gasteiger partial charge in [0.15, 0.2) is 5.11 Å². The molecule has 0 atom stereocenters. The van der Waals surface area contributed by atoms with Crippen LogP contribution in [0.1, 0.15) is 6.92 Å². The summed E-state index contributed by atoms with van der Waals surface area (Å²) in [7, 11) is 0. The molecule has 15 heavy (non-hydrogen) atoms. The number of rotatable bonds is 7. The van der Waals surface area contributed by atoms with Gasteiger partial charge in [-0.3, -0.25) is 9.59 Å². The molecule has 0 saturated heterocycles. The van der Waals surface area contributed by atoms with E-state index in [0.717, 1.165) is 0 Å². The molecule has 0 aliphatic rings. The Labute approximate surface area is 93.7 Å². The van der Waals surface area contributed by atoms with Gasteiger partial charge in [0.2, 0.25) is 6.41 Å². The zero-order valence-corrected chi connectivity index (χ0v) is 9.36. The first-order valence-corrected chi connectivity index (χ1v) is 4.95. The molecule has 86 valence electrons. The van der Waals surface area contributed by atoms with E-state index in [1.807, 2.05) is 0 Å². The van der Waals surface area contributed by atoms with Crippen LogP contribution >= 0.6 is 12.2 Å². The molecule has 6 nitrogen and oxygen atoms in total. The molecule has 0 bridgehead atoms. The Hall–Kier alpha value is -1.37. The van der Waals surface area contributed by atoms with Gasteiger partial charge in [-0.15, -0.1) is 0 Å². The van der Waals surface area contributed by atoms with E-state index in [1.54, 1.807) is 6.92 Å². The molecule has 0 aromatic heterocycles. The van der Waals surface area contributed by atoms with Crippen molar-refractivity contribution in [1.29, 1.82) is 0 Å². The van der Waals surface area contributed by atoms with Crippen molar-refractivity contribution in [3.05, 3.63) is 0 Å². The summed E-state index contributed by atoms with van der Waals surface area (Å²) in [6, 6.07) is 0. The topological polar surface area (TPSA) is 79.5 Å². The molecule has 0 radical (unpaired) electrons. The van der Waals surface area contributed by atoms with Gasteiger partial charge in [0.25, 0.3) is 0 Å². The summed E-state index contributed by atoms with van der Waals surface area (Å²) in [4.78, 5) is 20.8. The number of hydrogen-bond acceptors (Lipinski definition) is 4. The molecule has 0 spiro atoms. The first kappa shape index (κ1) is 13.6. The highest BCUT2D eigenvalue weighted by Crippen LogP contribution is 1.75. The number of esters is 1. The number of nitrogens with one attached hydrogen (secondary N) is 3. The third-order valence-electron chi connectivity index (χ3n) is 1.34. The second-order valence-corrected chi connectivity index (χ2v) is 2.89. The van der Waals surface area contributed by atoms with Crippen LogP contribution in [0.15, 0.2) is 0 Å². The van der Waals surface area contributed by atoms with E-state index >= 15 is 0 Å². The van der Waals surface area contributed by atoms with Gasteiger partial charge >= 0.3 is 5.97 Å². The molecular weight excluding hydrogens is 218 g/mol. The SMILES string of the molecule is CCOC(=O)CNC(=S)NCCNC=O. The number of hydrogen-bond donors (Lipinski definition) is 3. The van der Waals surface area contributed by atoms with Crippen LogP contribution < -0.4 is 16.0 Å². The van der Waals surface area contributed by atoms with Crippen molar-refractivity contribution < 1.29 is 14.3 Å². The van der Waals surface area contributed by atoms with Crippen LogP contribution in [0.3, 0.4) is 0 Å². The van der Waals surface area contributed by atoms with E-state index < -0.39 is 0 Å². The molecule has 0 aliphatic heterocycles. The lowest BCUT2D eigenvalue weighted by atomic mass is 10.6. The summed E-state index contributed by atoms with van der Waals surface area (Å²) in [5.41, 5.74) is 0. The summed E-state index contributed by atoms with van der Waals surface area (Å²) in [6.45, 7) is 3.11. The van der Waals surface area contributed by atoms with Crippen molar-refractivity contribution in [2.24, 2.45) is 0 Å². The molecule has 3 N–H and O–H groups in total. The van der Waals surface area contributed by atoms with E-state index in [-0.39, 0.29) is 12.5 Å². The third-order valence-corrected chi connectivity index (χ3v) is 1.63. The predicted molar refractivity (Wildman–Crippen MR) is 59.3 cm³/mol. The lowest BCUT2D eigenvalue weighted by Crippen LogP contribution is -2.41. The Morgan fingerprint density at radius 1 is 1.40 bits per heavy atom. The zero-order chi connectivity index (χ0) is 11.5. The van der Waals surface area contributed by atoms with Crippen molar-refractivity contribution in [2.75, 3.05) is 26.2 Å². The molecule has 1 amide bonds. The van der Waals surface area contributed by atoms with Gasteiger partial charge in [0.05, 0.1) is 6.61 Å². The molecule has 0 aromatic rings. The minimum Gasteiger partial charge on any atom is -0.465 e. The molecule has 0 saturated carbocycles. The average molecular weight is 233 g/mol. The van der Waals surface area contributed by atoms with Gasteiger partial charge in [-0.25, -0.2) is 0 Å². The summed E-state index contributed by atoms with van der Waals surface area (Å²) < 4.78 is 4.69. The van der Waals surface area contributed by atoms with E-state index in [2.05, 4.69) is 20.7 Å². The summed E-state index contributed by atoms with van der Waals surface area (Å²) in [5.74, 6) is -0.354. The predicted octanol–water partition coefficient (Wildman–Crippen LogP) is -1.24. The Kier molecular flexibility index (Phi) is 8.36. The van der Waals surface area contributed by atoms with Crippen LogP contribution in [0, 0.1) is 0 Å². The van der Waals surface area contributed by atoms with Crippen molar-refractivity contribution >= 4 is 29.7 Å². The van der Waals surface area contributed by atoms with Crippen LogP contribution in [0.4, 0.5) is 0 Å². The maximum Gasteiger partial charge on any atom is 0.325 e. The Morgan fingerprint density at radius 3 is 2.73 bits per heavy atom. The maximum atomic E-state index is 10.9. The van der Waals surface area contributed by atoms with Gasteiger partial charge < -0.3 is 20.7 Å². The number of ether oxygens (including phenoxy) is 1. The number of thiocarbonyl (C=S) groups is 1. The van der Waals surface area contributed by atoms with Crippen LogP contribution in [0.2, 0.25) is 0 Å². The van der Waals surface area contributed by atoms with Crippen molar-refractivity contribution in [1.82, 2.24) is 16.0 Å². The second-order valence-electron chi connectivity index (χ2n) is 2.49.